The molecule has 3 rings (SSSR count). The van der Waals surface area contributed by atoms with Gasteiger partial charge in [0.1, 0.15) is 5.56 Å². The molecule has 7 nitrogen and oxygen atoms in total. The minimum atomic E-state index is -0.574. The van der Waals surface area contributed by atoms with Crippen LogP contribution in [0.15, 0.2) is 45.0 Å². The molecule has 0 saturated heterocycles. The molecule has 0 aliphatic heterocycles. The summed E-state index contributed by atoms with van der Waals surface area (Å²) >= 11 is 0. The first kappa shape index (κ1) is 17.7. The van der Waals surface area contributed by atoms with Gasteiger partial charge in [0, 0.05) is 37.4 Å². The van der Waals surface area contributed by atoms with E-state index >= 15 is 0 Å². The molecule has 0 radical (unpaired) electrons. The van der Waals surface area contributed by atoms with Crippen molar-refractivity contribution in [3.05, 3.63) is 62.4 Å². The largest absolute Gasteiger partial charge is 0.494 e. The van der Waals surface area contributed by atoms with Crippen molar-refractivity contribution in [3.63, 3.8) is 0 Å². The number of hydrogen-bond acceptors (Lipinski definition) is 4. The maximum atomic E-state index is 12.2. The number of benzene rings is 1. The number of rotatable bonds is 5. The summed E-state index contributed by atoms with van der Waals surface area (Å²) in [5.74, 6) is -0.371. The second-order valence-electron chi connectivity index (χ2n) is 6.35. The molecule has 1 unspecified atom stereocenters. The third kappa shape index (κ3) is 3.08. The molecule has 136 valence electrons. The maximum Gasteiger partial charge on any atom is 0.333 e. The molecule has 7 heteroatoms. The first-order valence-electron chi connectivity index (χ1n) is 8.51. The normalized spacial score (nSPS) is 12.9. The Morgan fingerprint density at radius 3 is 2.69 bits per heavy atom. The van der Waals surface area contributed by atoms with E-state index in [1.54, 1.807) is 0 Å². The fraction of sp³-hybridized carbons (Fsp3) is 0.316. The van der Waals surface area contributed by atoms with Gasteiger partial charge in [0.25, 0.3) is 5.56 Å². The maximum absolute atomic E-state index is 12.2. The summed E-state index contributed by atoms with van der Waals surface area (Å²) in [6.07, 6.45) is 4.85. The van der Waals surface area contributed by atoms with Crippen LogP contribution in [-0.2, 0) is 20.5 Å². The lowest BCUT2D eigenvalue weighted by molar-refractivity contribution is 0.410. The van der Waals surface area contributed by atoms with Gasteiger partial charge < -0.3 is 10.1 Å². The molecule has 0 bridgehead atoms. The molecule has 1 aromatic carbocycles. The van der Waals surface area contributed by atoms with E-state index in [0.29, 0.717) is 6.42 Å². The van der Waals surface area contributed by atoms with Crippen molar-refractivity contribution in [1.29, 1.82) is 0 Å². The molecule has 2 heterocycles. The predicted molar refractivity (Wildman–Crippen MR) is 102 cm³/mol. The number of aromatic amines is 1. The van der Waals surface area contributed by atoms with E-state index in [-0.39, 0.29) is 17.5 Å². The van der Waals surface area contributed by atoms with Crippen molar-refractivity contribution in [1.82, 2.24) is 14.1 Å². The fourth-order valence-corrected chi connectivity index (χ4v) is 3.01. The molecule has 3 aromatic rings. The summed E-state index contributed by atoms with van der Waals surface area (Å²) in [4.78, 5) is 31.8. The van der Waals surface area contributed by atoms with Gasteiger partial charge in [-0.15, -0.1) is 0 Å². The van der Waals surface area contributed by atoms with Crippen molar-refractivity contribution in [3.8, 4) is 5.88 Å². The standard InChI is InChI=1S/C19H22N4O3/c1-4-13(9-12-10-21-16-8-6-5-7-14(12)16)20-11-15-17(24)22(2)19(26)23(3)18(15)25/h5-8,10-11,13,21,24H,4,9H2,1-3H3. The van der Waals surface area contributed by atoms with Crippen LogP contribution in [0.4, 0.5) is 0 Å². The Labute approximate surface area is 150 Å². The quantitative estimate of drug-likeness (QED) is 0.683. The SMILES string of the molecule is CCC(Cc1c[nH]c2ccccc12)N=Cc1c(O)n(C)c(=O)n(C)c1=O. The molecule has 1 atom stereocenters. The molecule has 2 aromatic heterocycles. The van der Waals surface area contributed by atoms with Crippen molar-refractivity contribution < 1.29 is 5.11 Å². The van der Waals surface area contributed by atoms with Crippen LogP contribution in [0.25, 0.3) is 10.9 Å². The smallest absolute Gasteiger partial charge is 0.333 e. The van der Waals surface area contributed by atoms with Crippen molar-refractivity contribution >= 4 is 17.1 Å². The van der Waals surface area contributed by atoms with Gasteiger partial charge in [-0.3, -0.25) is 18.9 Å². The number of aliphatic imine (C=N–C) groups is 1. The van der Waals surface area contributed by atoms with Crippen LogP contribution in [0, 0.1) is 0 Å². The monoisotopic (exact) mass is 354 g/mol. The van der Waals surface area contributed by atoms with Crippen molar-refractivity contribution in [2.45, 2.75) is 25.8 Å². The topological polar surface area (TPSA) is 92.4 Å². The van der Waals surface area contributed by atoms with Gasteiger partial charge in [-0.2, -0.15) is 0 Å². The number of hydrogen-bond donors (Lipinski definition) is 2. The number of aromatic hydroxyl groups is 1. The Morgan fingerprint density at radius 2 is 1.96 bits per heavy atom. The Hall–Kier alpha value is -3.09. The average molecular weight is 354 g/mol. The number of fused-ring (bicyclic) bond motifs is 1. The Balaban J connectivity index is 1.92. The van der Waals surface area contributed by atoms with Gasteiger partial charge in [0.2, 0.25) is 5.88 Å². The summed E-state index contributed by atoms with van der Waals surface area (Å²) < 4.78 is 1.99. The third-order valence-electron chi connectivity index (χ3n) is 4.68. The molecule has 0 aliphatic carbocycles. The van der Waals surface area contributed by atoms with Crippen LogP contribution < -0.4 is 11.2 Å². The van der Waals surface area contributed by atoms with Gasteiger partial charge in [-0.1, -0.05) is 25.1 Å². The molecule has 0 aliphatic rings. The predicted octanol–water partition coefficient (Wildman–Crippen LogP) is 1.71. The lowest BCUT2D eigenvalue weighted by atomic mass is 10.0. The summed E-state index contributed by atoms with van der Waals surface area (Å²) in [5, 5.41) is 11.3. The van der Waals surface area contributed by atoms with Crippen LogP contribution in [0.5, 0.6) is 5.88 Å². The third-order valence-corrected chi connectivity index (χ3v) is 4.68. The number of H-pyrrole nitrogens is 1. The van der Waals surface area contributed by atoms with Crippen molar-refractivity contribution in [2.24, 2.45) is 19.1 Å². The highest BCUT2D eigenvalue weighted by molar-refractivity contribution is 5.83. The van der Waals surface area contributed by atoms with Gasteiger partial charge in [-0.05, 0) is 24.5 Å². The second kappa shape index (κ2) is 7.03. The van der Waals surface area contributed by atoms with Gasteiger partial charge in [0.05, 0.1) is 6.04 Å². The Morgan fingerprint density at radius 1 is 1.23 bits per heavy atom. The Kier molecular flexibility index (Phi) is 4.79. The average Bonchev–Trinajstić information content (AvgIpc) is 3.06. The number of para-hydroxylation sites is 1. The van der Waals surface area contributed by atoms with Crippen LogP contribution in [-0.4, -0.2) is 31.5 Å². The molecular weight excluding hydrogens is 332 g/mol. The lowest BCUT2D eigenvalue weighted by Gasteiger charge is -2.10. The van der Waals surface area contributed by atoms with E-state index in [0.717, 1.165) is 32.0 Å². The van der Waals surface area contributed by atoms with E-state index in [1.165, 1.54) is 20.3 Å². The highest BCUT2D eigenvalue weighted by Crippen LogP contribution is 2.20. The lowest BCUT2D eigenvalue weighted by Crippen LogP contribution is -2.38. The van der Waals surface area contributed by atoms with Crippen LogP contribution in [0.2, 0.25) is 0 Å². The molecule has 0 spiro atoms. The summed E-state index contributed by atoms with van der Waals surface area (Å²) in [5.41, 5.74) is 1.12. The summed E-state index contributed by atoms with van der Waals surface area (Å²) in [7, 11) is 2.79. The van der Waals surface area contributed by atoms with Crippen LogP contribution in [0.1, 0.15) is 24.5 Å². The molecule has 2 N–H and O–H groups in total. The van der Waals surface area contributed by atoms with Crippen LogP contribution in [0.3, 0.4) is 0 Å². The first-order chi connectivity index (χ1) is 12.4. The highest BCUT2D eigenvalue weighted by atomic mass is 16.3. The molecule has 0 saturated carbocycles. The first-order valence-corrected chi connectivity index (χ1v) is 8.51. The fourth-order valence-electron chi connectivity index (χ4n) is 3.01. The molecule has 0 amide bonds. The van der Waals surface area contributed by atoms with E-state index in [4.69, 9.17) is 0 Å². The van der Waals surface area contributed by atoms with E-state index < -0.39 is 11.2 Å². The second-order valence-corrected chi connectivity index (χ2v) is 6.35. The minimum Gasteiger partial charge on any atom is -0.494 e. The number of nitrogens with one attached hydrogen (secondary N) is 1. The zero-order valence-corrected chi connectivity index (χ0v) is 15.1. The van der Waals surface area contributed by atoms with E-state index in [2.05, 4.69) is 16.0 Å². The number of aromatic nitrogens is 3. The van der Waals surface area contributed by atoms with E-state index in [1.807, 2.05) is 31.3 Å². The molecule has 26 heavy (non-hydrogen) atoms. The minimum absolute atomic E-state index is 0.0203. The van der Waals surface area contributed by atoms with Crippen molar-refractivity contribution in [2.75, 3.05) is 0 Å². The zero-order chi connectivity index (χ0) is 18.8. The number of nitrogens with zero attached hydrogens (tertiary/aromatic N) is 3. The molecular formula is C19H22N4O3. The highest BCUT2D eigenvalue weighted by Gasteiger charge is 2.14. The summed E-state index contributed by atoms with van der Waals surface area (Å²) in [6, 6.07) is 8.02. The van der Waals surface area contributed by atoms with Gasteiger partial charge >= 0.3 is 5.69 Å². The van der Waals surface area contributed by atoms with Gasteiger partial charge in [0.15, 0.2) is 0 Å². The van der Waals surface area contributed by atoms with E-state index in [9.17, 15) is 14.7 Å². The summed E-state index contributed by atoms with van der Waals surface area (Å²) in [6.45, 7) is 2.02. The zero-order valence-electron chi connectivity index (χ0n) is 15.1. The Bertz CT molecular complexity index is 1090. The van der Waals surface area contributed by atoms with Gasteiger partial charge in [-0.25, -0.2) is 4.79 Å². The molecule has 0 fully saturated rings. The van der Waals surface area contributed by atoms with Crippen LogP contribution >= 0.6 is 0 Å².